The highest BCUT2D eigenvalue weighted by Crippen LogP contribution is 2.21. The summed E-state index contributed by atoms with van der Waals surface area (Å²) in [6, 6.07) is 0. The Hall–Kier alpha value is -1.36. The van der Waals surface area contributed by atoms with Crippen LogP contribution < -0.4 is 11.1 Å². The van der Waals surface area contributed by atoms with Gasteiger partial charge in [-0.1, -0.05) is 26.1 Å². The second-order valence-electron chi connectivity index (χ2n) is 5.15. The van der Waals surface area contributed by atoms with Crippen molar-refractivity contribution in [2.75, 3.05) is 6.54 Å². The van der Waals surface area contributed by atoms with Gasteiger partial charge < -0.3 is 15.5 Å². The molecule has 0 aliphatic heterocycles. The SMILES string of the molecule is Cc1oc(C)c(C(=O)NCC(C)(C)C(N)=S)c1C. The molecule has 4 nitrogen and oxygen atoms in total. The molecule has 5 heteroatoms. The largest absolute Gasteiger partial charge is 0.466 e. The fraction of sp³-hybridized carbons (Fsp3) is 0.538. The zero-order valence-corrected chi connectivity index (χ0v) is 12.3. The van der Waals surface area contributed by atoms with Crippen LogP contribution in [0.3, 0.4) is 0 Å². The normalized spacial score (nSPS) is 11.4. The number of hydrogen-bond donors (Lipinski definition) is 2. The van der Waals surface area contributed by atoms with E-state index in [4.69, 9.17) is 22.4 Å². The molecule has 100 valence electrons. The Morgan fingerprint density at radius 3 is 2.28 bits per heavy atom. The average molecular weight is 268 g/mol. The number of hydrogen-bond acceptors (Lipinski definition) is 3. The first-order valence-corrected chi connectivity index (χ1v) is 6.22. The Morgan fingerprint density at radius 1 is 1.33 bits per heavy atom. The van der Waals surface area contributed by atoms with Crippen LogP contribution >= 0.6 is 12.2 Å². The van der Waals surface area contributed by atoms with Gasteiger partial charge in [-0.05, 0) is 20.8 Å². The van der Waals surface area contributed by atoms with Gasteiger partial charge in [-0.15, -0.1) is 0 Å². The number of rotatable bonds is 4. The molecule has 1 heterocycles. The lowest BCUT2D eigenvalue weighted by Crippen LogP contribution is -2.41. The van der Waals surface area contributed by atoms with Gasteiger partial charge in [0.1, 0.15) is 11.5 Å². The fourth-order valence-electron chi connectivity index (χ4n) is 1.60. The summed E-state index contributed by atoms with van der Waals surface area (Å²) in [4.78, 5) is 12.5. The lowest BCUT2D eigenvalue weighted by atomic mass is 9.93. The van der Waals surface area contributed by atoms with E-state index in [9.17, 15) is 4.79 Å². The predicted molar refractivity (Wildman–Crippen MR) is 75.8 cm³/mol. The van der Waals surface area contributed by atoms with Crippen LogP contribution in [0.5, 0.6) is 0 Å². The average Bonchev–Trinajstić information content (AvgIpc) is 2.50. The van der Waals surface area contributed by atoms with Crippen molar-refractivity contribution in [3.63, 3.8) is 0 Å². The molecule has 0 unspecified atom stereocenters. The van der Waals surface area contributed by atoms with Gasteiger partial charge in [0.25, 0.3) is 5.91 Å². The first kappa shape index (κ1) is 14.7. The Morgan fingerprint density at radius 2 is 1.89 bits per heavy atom. The minimum Gasteiger partial charge on any atom is -0.466 e. The van der Waals surface area contributed by atoms with E-state index in [-0.39, 0.29) is 5.91 Å². The number of carbonyl (C=O) groups excluding carboxylic acids is 1. The minimum atomic E-state index is -0.397. The van der Waals surface area contributed by atoms with Gasteiger partial charge in [0.2, 0.25) is 0 Å². The van der Waals surface area contributed by atoms with Gasteiger partial charge in [-0.25, -0.2) is 0 Å². The van der Waals surface area contributed by atoms with Gasteiger partial charge in [0.15, 0.2) is 0 Å². The van der Waals surface area contributed by atoms with Crippen LogP contribution in [0.4, 0.5) is 0 Å². The Labute approximate surface area is 113 Å². The zero-order valence-electron chi connectivity index (χ0n) is 11.5. The summed E-state index contributed by atoms with van der Waals surface area (Å²) < 4.78 is 5.43. The lowest BCUT2D eigenvalue weighted by molar-refractivity contribution is 0.0943. The number of nitrogens with one attached hydrogen (secondary N) is 1. The molecule has 0 aliphatic rings. The summed E-state index contributed by atoms with van der Waals surface area (Å²) in [5.41, 5.74) is 6.70. The van der Waals surface area contributed by atoms with Gasteiger partial charge in [-0.3, -0.25) is 4.79 Å². The van der Waals surface area contributed by atoms with Crippen LogP contribution in [-0.4, -0.2) is 17.4 Å². The molecule has 0 saturated carbocycles. The molecule has 0 bridgehead atoms. The molecule has 1 rings (SSSR count). The third-order valence-corrected chi connectivity index (χ3v) is 3.70. The van der Waals surface area contributed by atoms with Crippen LogP contribution in [0, 0.1) is 26.2 Å². The van der Waals surface area contributed by atoms with Crippen LogP contribution in [-0.2, 0) is 0 Å². The summed E-state index contributed by atoms with van der Waals surface area (Å²) in [6.07, 6.45) is 0. The Kier molecular flexibility index (Phi) is 4.16. The number of amides is 1. The maximum Gasteiger partial charge on any atom is 0.255 e. The summed E-state index contributed by atoms with van der Waals surface area (Å²) in [5.74, 6) is 1.26. The zero-order chi connectivity index (χ0) is 14.1. The molecule has 0 fully saturated rings. The van der Waals surface area contributed by atoms with Crippen LogP contribution in [0.15, 0.2) is 4.42 Å². The molecule has 1 amide bonds. The maximum absolute atomic E-state index is 12.1. The van der Waals surface area contributed by atoms with Crippen molar-refractivity contribution >= 4 is 23.1 Å². The van der Waals surface area contributed by atoms with Crippen molar-refractivity contribution in [1.82, 2.24) is 5.32 Å². The molecular formula is C13H20N2O2S. The van der Waals surface area contributed by atoms with E-state index in [1.54, 1.807) is 6.92 Å². The van der Waals surface area contributed by atoms with Crippen LogP contribution in [0.1, 0.15) is 41.3 Å². The lowest BCUT2D eigenvalue weighted by Gasteiger charge is -2.23. The molecule has 0 saturated heterocycles. The van der Waals surface area contributed by atoms with E-state index >= 15 is 0 Å². The van der Waals surface area contributed by atoms with Crippen molar-refractivity contribution < 1.29 is 9.21 Å². The monoisotopic (exact) mass is 268 g/mol. The van der Waals surface area contributed by atoms with Crippen molar-refractivity contribution in [1.29, 1.82) is 0 Å². The van der Waals surface area contributed by atoms with E-state index < -0.39 is 5.41 Å². The molecule has 0 aromatic carbocycles. The van der Waals surface area contributed by atoms with Crippen molar-refractivity contribution in [3.8, 4) is 0 Å². The fourth-order valence-corrected chi connectivity index (χ4v) is 1.68. The van der Waals surface area contributed by atoms with Crippen molar-refractivity contribution in [3.05, 3.63) is 22.6 Å². The quantitative estimate of drug-likeness (QED) is 0.822. The first-order chi connectivity index (χ1) is 8.16. The van der Waals surface area contributed by atoms with Gasteiger partial charge >= 0.3 is 0 Å². The third-order valence-electron chi connectivity index (χ3n) is 3.15. The molecule has 0 radical (unpaired) electrons. The Bertz CT molecular complexity index is 489. The highest BCUT2D eigenvalue weighted by molar-refractivity contribution is 7.80. The number of nitrogens with two attached hydrogens (primary N) is 1. The van der Waals surface area contributed by atoms with Crippen molar-refractivity contribution in [2.24, 2.45) is 11.1 Å². The van der Waals surface area contributed by atoms with Crippen LogP contribution in [0.2, 0.25) is 0 Å². The molecule has 1 aromatic rings. The second kappa shape index (κ2) is 5.10. The molecule has 1 aromatic heterocycles. The second-order valence-corrected chi connectivity index (χ2v) is 5.59. The minimum absolute atomic E-state index is 0.147. The maximum atomic E-state index is 12.1. The third kappa shape index (κ3) is 2.90. The van der Waals surface area contributed by atoms with E-state index in [2.05, 4.69) is 5.32 Å². The highest BCUT2D eigenvalue weighted by Gasteiger charge is 2.24. The summed E-state index contributed by atoms with van der Waals surface area (Å²) in [6.45, 7) is 9.71. The molecule has 0 spiro atoms. The number of carbonyl (C=O) groups is 1. The predicted octanol–water partition coefficient (Wildman–Crippen LogP) is 2.25. The van der Waals surface area contributed by atoms with Gasteiger partial charge in [0.05, 0.1) is 10.6 Å². The number of thiocarbonyl (C=S) groups is 1. The molecule has 0 atom stereocenters. The number of furan rings is 1. The Balaban J connectivity index is 2.81. The highest BCUT2D eigenvalue weighted by atomic mass is 32.1. The summed E-state index contributed by atoms with van der Waals surface area (Å²) in [5, 5.41) is 2.85. The molecule has 3 N–H and O–H groups in total. The topological polar surface area (TPSA) is 68.3 Å². The van der Waals surface area contributed by atoms with Crippen LogP contribution in [0.25, 0.3) is 0 Å². The smallest absolute Gasteiger partial charge is 0.255 e. The van der Waals surface area contributed by atoms with E-state index in [1.165, 1.54) is 0 Å². The van der Waals surface area contributed by atoms with E-state index in [1.807, 2.05) is 27.7 Å². The van der Waals surface area contributed by atoms with Gasteiger partial charge in [0, 0.05) is 17.5 Å². The number of aryl methyl sites for hydroxylation is 2. The van der Waals surface area contributed by atoms with Gasteiger partial charge in [-0.2, -0.15) is 0 Å². The molecule has 18 heavy (non-hydrogen) atoms. The van der Waals surface area contributed by atoms with Crippen molar-refractivity contribution in [2.45, 2.75) is 34.6 Å². The molecule has 0 aliphatic carbocycles. The first-order valence-electron chi connectivity index (χ1n) is 5.81. The molecular weight excluding hydrogens is 248 g/mol. The van der Waals surface area contributed by atoms with E-state index in [0.29, 0.717) is 22.9 Å². The summed E-state index contributed by atoms with van der Waals surface area (Å²) in [7, 11) is 0. The standard InChI is InChI=1S/C13H20N2O2S/c1-7-8(2)17-9(3)10(7)11(16)15-6-13(4,5)12(14)18/h6H2,1-5H3,(H2,14,18)(H,15,16). The van der Waals surface area contributed by atoms with E-state index in [0.717, 1.165) is 11.3 Å². The summed E-state index contributed by atoms with van der Waals surface area (Å²) >= 11 is 4.96.